The molecule has 3 unspecified atom stereocenters. The van der Waals surface area contributed by atoms with Gasteiger partial charge in [-0.2, -0.15) is 0 Å². The Balaban J connectivity index is 2.02. The number of carbonyl (C=O) groups excluding carboxylic acids is 1. The van der Waals surface area contributed by atoms with E-state index < -0.39 is 6.10 Å². The number of hydrogen-bond donors (Lipinski definition) is 1. The van der Waals surface area contributed by atoms with E-state index in [1.165, 1.54) is 0 Å². The minimum absolute atomic E-state index is 0.252. The van der Waals surface area contributed by atoms with Crippen molar-refractivity contribution in [3.8, 4) is 23.7 Å². The molecule has 0 bridgehead atoms. The number of carbonyl (C=O) groups is 1. The number of hydrogen-bond acceptors (Lipinski definition) is 3. The summed E-state index contributed by atoms with van der Waals surface area (Å²) in [4.78, 5) is 11.5. The molecule has 0 radical (unpaired) electrons. The SMILES string of the molecule is C=CCCC=CC#CC#CCCCCCCC1C(=O)OC(C)C1O. The van der Waals surface area contributed by atoms with Crippen molar-refractivity contribution < 1.29 is 14.6 Å². The molecule has 1 fully saturated rings. The van der Waals surface area contributed by atoms with Gasteiger partial charge in [0.1, 0.15) is 12.2 Å². The lowest BCUT2D eigenvalue weighted by atomic mass is 9.95. The first-order valence-corrected chi connectivity index (χ1v) is 8.79. The highest BCUT2D eigenvalue weighted by Crippen LogP contribution is 2.26. The molecular weight excluding hydrogens is 300 g/mol. The zero-order valence-corrected chi connectivity index (χ0v) is 14.6. The number of rotatable bonds is 9. The summed E-state index contributed by atoms with van der Waals surface area (Å²) in [6.07, 6.45) is 12.3. The van der Waals surface area contributed by atoms with Gasteiger partial charge in [-0.1, -0.05) is 43.3 Å². The largest absolute Gasteiger partial charge is 0.460 e. The zero-order valence-electron chi connectivity index (χ0n) is 14.6. The van der Waals surface area contributed by atoms with Gasteiger partial charge in [0.05, 0.1) is 5.92 Å². The summed E-state index contributed by atoms with van der Waals surface area (Å²) in [5, 5.41) is 9.85. The molecule has 130 valence electrons. The predicted molar refractivity (Wildman–Crippen MR) is 96.9 cm³/mol. The van der Waals surface area contributed by atoms with Crippen LogP contribution in [0.15, 0.2) is 24.8 Å². The topological polar surface area (TPSA) is 46.5 Å². The van der Waals surface area contributed by atoms with Crippen molar-refractivity contribution in [3.63, 3.8) is 0 Å². The molecule has 0 saturated carbocycles. The van der Waals surface area contributed by atoms with E-state index in [2.05, 4.69) is 30.3 Å². The Morgan fingerprint density at radius 3 is 2.71 bits per heavy atom. The Labute approximate surface area is 146 Å². The third-order valence-electron chi connectivity index (χ3n) is 4.03. The molecule has 0 aromatic carbocycles. The maximum absolute atomic E-state index is 11.5. The number of esters is 1. The molecule has 1 rings (SSSR count). The summed E-state index contributed by atoms with van der Waals surface area (Å²) in [5.74, 6) is 11.0. The maximum Gasteiger partial charge on any atom is 0.312 e. The third-order valence-corrected chi connectivity index (χ3v) is 4.03. The van der Waals surface area contributed by atoms with Gasteiger partial charge in [-0.25, -0.2) is 0 Å². The van der Waals surface area contributed by atoms with Gasteiger partial charge >= 0.3 is 5.97 Å². The molecular formula is C21H28O3. The molecule has 0 aromatic heterocycles. The maximum atomic E-state index is 11.5. The molecule has 0 aromatic rings. The van der Waals surface area contributed by atoms with E-state index in [9.17, 15) is 9.90 Å². The molecule has 1 heterocycles. The first-order valence-electron chi connectivity index (χ1n) is 8.79. The Bertz CT molecular complexity index is 539. The number of allylic oxidation sites excluding steroid dienone is 3. The molecule has 1 N–H and O–H groups in total. The van der Waals surface area contributed by atoms with E-state index in [1.54, 1.807) is 6.92 Å². The van der Waals surface area contributed by atoms with Crippen LogP contribution in [0, 0.1) is 29.6 Å². The molecule has 0 amide bonds. The Hall–Kier alpha value is -1.97. The van der Waals surface area contributed by atoms with E-state index in [4.69, 9.17) is 4.74 Å². The van der Waals surface area contributed by atoms with Crippen LogP contribution in [-0.2, 0) is 9.53 Å². The van der Waals surface area contributed by atoms with Gasteiger partial charge in [0, 0.05) is 6.42 Å². The van der Waals surface area contributed by atoms with E-state index >= 15 is 0 Å². The minimum atomic E-state index is -0.646. The minimum Gasteiger partial charge on any atom is -0.460 e. The predicted octanol–water partition coefficient (Wildman–Crippen LogP) is 3.78. The fourth-order valence-corrected chi connectivity index (χ4v) is 2.57. The van der Waals surface area contributed by atoms with Crippen molar-refractivity contribution in [1.29, 1.82) is 0 Å². The summed E-state index contributed by atoms with van der Waals surface area (Å²) < 4.78 is 5.03. The molecule has 0 aliphatic carbocycles. The lowest BCUT2D eigenvalue weighted by Crippen LogP contribution is -2.24. The smallest absolute Gasteiger partial charge is 0.312 e. The van der Waals surface area contributed by atoms with E-state index in [1.807, 2.05) is 18.2 Å². The number of aliphatic hydroxyl groups is 1. The zero-order chi connectivity index (χ0) is 17.6. The first kappa shape index (κ1) is 20.1. The van der Waals surface area contributed by atoms with Gasteiger partial charge in [0.25, 0.3) is 0 Å². The Morgan fingerprint density at radius 2 is 2.00 bits per heavy atom. The fourth-order valence-electron chi connectivity index (χ4n) is 2.57. The standard InChI is InChI=1S/C21H28O3/c1-3-4-5-6-7-8-9-10-11-12-13-14-15-16-17-19-20(22)18(2)24-21(19)23/h3,6-7,18-20,22H,1,4-5,12-17H2,2H3. The van der Waals surface area contributed by atoms with Gasteiger partial charge in [-0.15, -0.1) is 6.58 Å². The van der Waals surface area contributed by atoms with Crippen LogP contribution in [0.4, 0.5) is 0 Å². The van der Waals surface area contributed by atoms with Gasteiger partial charge in [0.2, 0.25) is 0 Å². The van der Waals surface area contributed by atoms with Gasteiger partial charge in [-0.3, -0.25) is 4.79 Å². The highest BCUT2D eigenvalue weighted by atomic mass is 16.6. The average molecular weight is 328 g/mol. The van der Waals surface area contributed by atoms with Crippen LogP contribution in [0.5, 0.6) is 0 Å². The molecule has 1 aliphatic rings. The van der Waals surface area contributed by atoms with E-state index in [0.29, 0.717) is 6.42 Å². The number of ether oxygens (including phenoxy) is 1. The van der Waals surface area contributed by atoms with Gasteiger partial charge in [-0.05, 0) is 50.5 Å². The molecule has 24 heavy (non-hydrogen) atoms. The molecule has 3 nitrogen and oxygen atoms in total. The second-order valence-electron chi connectivity index (χ2n) is 6.03. The van der Waals surface area contributed by atoms with Crippen molar-refractivity contribution >= 4 is 5.97 Å². The molecule has 3 heteroatoms. The van der Waals surface area contributed by atoms with Gasteiger partial charge in [0.15, 0.2) is 0 Å². The second-order valence-corrected chi connectivity index (χ2v) is 6.03. The van der Waals surface area contributed by atoms with Crippen molar-refractivity contribution in [3.05, 3.63) is 24.8 Å². The summed E-state index contributed by atoms with van der Waals surface area (Å²) in [5.41, 5.74) is 0. The number of unbranched alkanes of at least 4 members (excludes halogenated alkanes) is 5. The number of aliphatic hydroxyl groups excluding tert-OH is 1. The van der Waals surface area contributed by atoms with Crippen LogP contribution in [0.1, 0.15) is 58.3 Å². The molecule has 0 spiro atoms. The normalized spacial score (nSPS) is 22.4. The summed E-state index contributed by atoms with van der Waals surface area (Å²) in [6, 6.07) is 0. The van der Waals surface area contributed by atoms with Crippen LogP contribution in [0.3, 0.4) is 0 Å². The van der Waals surface area contributed by atoms with Gasteiger partial charge < -0.3 is 9.84 Å². The molecule has 1 saturated heterocycles. The number of cyclic esters (lactones) is 1. The lowest BCUT2D eigenvalue weighted by Gasteiger charge is -2.11. The van der Waals surface area contributed by atoms with Crippen molar-refractivity contribution in [2.45, 2.75) is 70.5 Å². The fraction of sp³-hybridized carbons (Fsp3) is 0.571. The Kier molecular flexibility index (Phi) is 10.4. The summed E-state index contributed by atoms with van der Waals surface area (Å²) in [6.45, 7) is 5.40. The van der Waals surface area contributed by atoms with Crippen LogP contribution in [-0.4, -0.2) is 23.3 Å². The van der Waals surface area contributed by atoms with Crippen LogP contribution in [0.2, 0.25) is 0 Å². The lowest BCUT2D eigenvalue weighted by molar-refractivity contribution is -0.143. The summed E-state index contributed by atoms with van der Waals surface area (Å²) >= 11 is 0. The molecule has 1 aliphatic heterocycles. The van der Waals surface area contributed by atoms with Crippen LogP contribution < -0.4 is 0 Å². The summed E-state index contributed by atoms with van der Waals surface area (Å²) in [7, 11) is 0. The van der Waals surface area contributed by atoms with Crippen molar-refractivity contribution in [1.82, 2.24) is 0 Å². The second kappa shape index (κ2) is 12.5. The molecule has 3 atom stereocenters. The van der Waals surface area contributed by atoms with Crippen LogP contribution in [0.25, 0.3) is 0 Å². The van der Waals surface area contributed by atoms with Crippen LogP contribution >= 0.6 is 0 Å². The van der Waals surface area contributed by atoms with E-state index in [0.717, 1.165) is 44.9 Å². The monoisotopic (exact) mass is 328 g/mol. The van der Waals surface area contributed by atoms with E-state index in [-0.39, 0.29) is 18.0 Å². The third kappa shape index (κ3) is 8.04. The highest BCUT2D eigenvalue weighted by molar-refractivity contribution is 5.75. The van der Waals surface area contributed by atoms with Crippen molar-refractivity contribution in [2.75, 3.05) is 0 Å². The first-order chi connectivity index (χ1) is 11.7. The average Bonchev–Trinajstić information content (AvgIpc) is 2.81. The highest BCUT2D eigenvalue weighted by Gasteiger charge is 2.40. The quantitative estimate of drug-likeness (QED) is 0.303. The van der Waals surface area contributed by atoms with Crippen molar-refractivity contribution in [2.24, 2.45) is 5.92 Å². The Morgan fingerprint density at radius 1 is 1.21 bits per heavy atom.